The molecule has 2 aromatic heterocycles. The van der Waals surface area contributed by atoms with Gasteiger partial charge in [0.2, 0.25) is 0 Å². The predicted molar refractivity (Wildman–Crippen MR) is 84.4 cm³/mol. The molecule has 4 heteroatoms. The number of nitrogens with zero attached hydrogens (tertiary/aromatic N) is 1. The number of hydrogen-bond donors (Lipinski definition) is 1. The zero-order valence-corrected chi connectivity index (χ0v) is 13.5. The SMILES string of the molecule is Cc1cnc([C@H](NCc2ccc([C@@H]3C[C@@H]3C)o2)C2CC2)s1. The predicted octanol–water partition coefficient (Wildman–Crippen LogP) is 4.41. The van der Waals surface area contributed by atoms with Gasteiger partial charge in [-0.1, -0.05) is 6.92 Å². The van der Waals surface area contributed by atoms with Crippen LogP contribution in [0.1, 0.15) is 59.6 Å². The van der Waals surface area contributed by atoms with Crippen molar-refractivity contribution in [1.29, 1.82) is 0 Å². The summed E-state index contributed by atoms with van der Waals surface area (Å²) in [6, 6.07) is 4.69. The molecule has 2 aliphatic rings. The van der Waals surface area contributed by atoms with Gasteiger partial charge in [-0.25, -0.2) is 4.98 Å². The number of nitrogens with one attached hydrogen (secondary N) is 1. The lowest BCUT2D eigenvalue weighted by Crippen LogP contribution is -2.22. The number of hydrogen-bond acceptors (Lipinski definition) is 4. The minimum absolute atomic E-state index is 0.400. The normalized spacial score (nSPS) is 26.0. The fraction of sp³-hybridized carbons (Fsp3) is 0.588. The van der Waals surface area contributed by atoms with E-state index in [4.69, 9.17) is 4.42 Å². The minimum Gasteiger partial charge on any atom is -0.464 e. The average Bonchev–Trinajstić information content (AvgIpc) is 3.33. The van der Waals surface area contributed by atoms with Crippen molar-refractivity contribution in [3.05, 3.63) is 39.7 Å². The minimum atomic E-state index is 0.400. The van der Waals surface area contributed by atoms with Gasteiger partial charge in [-0.3, -0.25) is 0 Å². The van der Waals surface area contributed by atoms with Gasteiger partial charge in [-0.05, 0) is 50.2 Å². The van der Waals surface area contributed by atoms with Gasteiger partial charge in [0.25, 0.3) is 0 Å². The number of thiazole rings is 1. The highest BCUT2D eigenvalue weighted by Gasteiger charge is 2.37. The van der Waals surface area contributed by atoms with Crippen molar-refractivity contribution in [2.24, 2.45) is 11.8 Å². The third-order valence-corrected chi connectivity index (χ3v) is 5.65. The Morgan fingerprint density at radius 1 is 1.43 bits per heavy atom. The third-order valence-electron chi connectivity index (χ3n) is 4.65. The molecule has 4 rings (SSSR count). The first-order chi connectivity index (χ1) is 10.2. The van der Waals surface area contributed by atoms with Crippen LogP contribution < -0.4 is 5.32 Å². The van der Waals surface area contributed by atoms with Crippen molar-refractivity contribution < 1.29 is 4.42 Å². The first-order valence-corrected chi connectivity index (χ1v) is 8.76. The van der Waals surface area contributed by atoms with Crippen LogP contribution in [0.3, 0.4) is 0 Å². The zero-order chi connectivity index (χ0) is 14.4. The Labute approximate surface area is 129 Å². The zero-order valence-electron chi connectivity index (χ0n) is 12.6. The van der Waals surface area contributed by atoms with Crippen LogP contribution >= 0.6 is 11.3 Å². The molecule has 1 N–H and O–H groups in total. The van der Waals surface area contributed by atoms with E-state index in [1.54, 1.807) is 0 Å². The monoisotopic (exact) mass is 302 g/mol. The highest BCUT2D eigenvalue weighted by Crippen LogP contribution is 2.47. The first-order valence-electron chi connectivity index (χ1n) is 7.95. The van der Waals surface area contributed by atoms with E-state index in [1.165, 1.54) is 34.9 Å². The lowest BCUT2D eigenvalue weighted by atomic mass is 10.2. The maximum Gasteiger partial charge on any atom is 0.117 e. The highest BCUT2D eigenvalue weighted by atomic mass is 32.1. The van der Waals surface area contributed by atoms with Gasteiger partial charge < -0.3 is 9.73 Å². The van der Waals surface area contributed by atoms with Gasteiger partial charge in [-0.15, -0.1) is 11.3 Å². The molecule has 2 aliphatic carbocycles. The van der Waals surface area contributed by atoms with Crippen LogP contribution in [0.2, 0.25) is 0 Å². The second-order valence-electron chi connectivity index (χ2n) is 6.63. The molecule has 0 unspecified atom stereocenters. The molecule has 0 radical (unpaired) electrons. The van der Waals surface area contributed by atoms with Crippen LogP contribution in [-0.4, -0.2) is 4.98 Å². The third kappa shape index (κ3) is 2.92. The molecule has 3 atom stereocenters. The Morgan fingerprint density at radius 2 is 2.24 bits per heavy atom. The van der Waals surface area contributed by atoms with E-state index in [-0.39, 0.29) is 0 Å². The standard InChI is InChI=1S/C17H22N2OS/c1-10-7-14(10)15-6-5-13(20-15)9-18-16(12-3-4-12)17-19-8-11(2)21-17/h5-6,8,10,12,14,16,18H,3-4,7,9H2,1-2H3/t10-,14+,16+/m0/s1. The molecule has 0 saturated heterocycles. The molecule has 21 heavy (non-hydrogen) atoms. The lowest BCUT2D eigenvalue weighted by molar-refractivity contribution is 0.407. The average molecular weight is 302 g/mol. The molecule has 0 aromatic carbocycles. The quantitative estimate of drug-likeness (QED) is 0.859. The van der Waals surface area contributed by atoms with Gasteiger partial charge in [0.1, 0.15) is 16.5 Å². The highest BCUT2D eigenvalue weighted by molar-refractivity contribution is 7.11. The summed E-state index contributed by atoms with van der Waals surface area (Å²) in [6.07, 6.45) is 5.90. The summed E-state index contributed by atoms with van der Waals surface area (Å²) in [5, 5.41) is 4.90. The summed E-state index contributed by atoms with van der Waals surface area (Å²) < 4.78 is 5.99. The summed E-state index contributed by atoms with van der Waals surface area (Å²) >= 11 is 1.82. The molecule has 0 aliphatic heterocycles. The summed E-state index contributed by atoms with van der Waals surface area (Å²) in [7, 11) is 0. The molecule has 0 amide bonds. The van der Waals surface area contributed by atoms with Gasteiger partial charge in [0, 0.05) is 17.0 Å². The molecule has 2 heterocycles. The fourth-order valence-electron chi connectivity index (χ4n) is 3.02. The van der Waals surface area contributed by atoms with E-state index < -0.39 is 0 Å². The van der Waals surface area contributed by atoms with E-state index in [0.29, 0.717) is 12.0 Å². The lowest BCUT2D eigenvalue weighted by Gasteiger charge is -2.14. The van der Waals surface area contributed by atoms with Crippen LogP contribution in [0.25, 0.3) is 0 Å². The molecule has 0 bridgehead atoms. The molecule has 112 valence electrons. The van der Waals surface area contributed by atoms with Crippen LogP contribution in [0.4, 0.5) is 0 Å². The molecule has 2 aromatic rings. The Bertz CT molecular complexity index is 628. The van der Waals surface area contributed by atoms with Crippen molar-refractivity contribution >= 4 is 11.3 Å². The van der Waals surface area contributed by atoms with Crippen molar-refractivity contribution in [2.75, 3.05) is 0 Å². The Kier molecular flexibility index (Phi) is 3.38. The number of rotatable bonds is 6. The van der Waals surface area contributed by atoms with Crippen molar-refractivity contribution in [3.63, 3.8) is 0 Å². The topological polar surface area (TPSA) is 38.1 Å². The molecular weight excluding hydrogens is 280 g/mol. The van der Waals surface area contributed by atoms with E-state index in [0.717, 1.165) is 24.1 Å². The summed E-state index contributed by atoms with van der Waals surface area (Å²) in [6.45, 7) is 5.22. The van der Waals surface area contributed by atoms with E-state index in [1.807, 2.05) is 17.5 Å². The van der Waals surface area contributed by atoms with Crippen molar-refractivity contribution in [1.82, 2.24) is 10.3 Å². The largest absolute Gasteiger partial charge is 0.464 e. The summed E-state index contributed by atoms with van der Waals surface area (Å²) in [4.78, 5) is 5.86. The summed E-state index contributed by atoms with van der Waals surface area (Å²) in [5.41, 5.74) is 0. The number of aromatic nitrogens is 1. The van der Waals surface area contributed by atoms with Crippen molar-refractivity contribution in [3.8, 4) is 0 Å². The Hall–Kier alpha value is -1.13. The van der Waals surface area contributed by atoms with Gasteiger partial charge in [0.15, 0.2) is 0 Å². The second-order valence-corrected chi connectivity index (χ2v) is 7.90. The van der Waals surface area contributed by atoms with Crippen LogP contribution in [0.5, 0.6) is 0 Å². The molecule has 3 nitrogen and oxygen atoms in total. The second kappa shape index (κ2) is 5.25. The summed E-state index contributed by atoms with van der Waals surface area (Å²) in [5.74, 6) is 4.46. The van der Waals surface area contributed by atoms with E-state index >= 15 is 0 Å². The van der Waals surface area contributed by atoms with Gasteiger partial charge in [0.05, 0.1) is 12.6 Å². The van der Waals surface area contributed by atoms with Crippen LogP contribution in [0.15, 0.2) is 22.7 Å². The Morgan fingerprint density at radius 3 is 2.86 bits per heavy atom. The maximum atomic E-state index is 5.99. The number of aryl methyl sites for hydroxylation is 1. The van der Waals surface area contributed by atoms with Crippen LogP contribution in [-0.2, 0) is 6.54 Å². The first kappa shape index (κ1) is 13.5. The van der Waals surface area contributed by atoms with Crippen LogP contribution in [0, 0.1) is 18.8 Å². The smallest absolute Gasteiger partial charge is 0.117 e. The molecule has 2 saturated carbocycles. The molecule has 2 fully saturated rings. The molecular formula is C17H22N2OS. The van der Waals surface area contributed by atoms with Gasteiger partial charge in [-0.2, -0.15) is 0 Å². The van der Waals surface area contributed by atoms with Crippen molar-refractivity contribution in [2.45, 2.75) is 51.6 Å². The molecule has 0 spiro atoms. The number of furan rings is 1. The van der Waals surface area contributed by atoms with Gasteiger partial charge >= 0.3 is 0 Å². The van der Waals surface area contributed by atoms with E-state index in [2.05, 4.69) is 36.3 Å². The van der Waals surface area contributed by atoms with E-state index in [9.17, 15) is 0 Å². The maximum absolute atomic E-state index is 5.99. The fourth-order valence-corrected chi connectivity index (χ4v) is 3.96. The Balaban J connectivity index is 1.41.